The molecule has 0 fully saturated rings. The number of nitrogens with one attached hydrogen (secondary N) is 1. The van der Waals surface area contributed by atoms with Crippen LogP contribution in [0.15, 0.2) is 66.7 Å². The van der Waals surface area contributed by atoms with E-state index in [4.69, 9.17) is 14.2 Å². The normalized spacial score (nSPS) is 10.7. The summed E-state index contributed by atoms with van der Waals surface area (Å²) in [5, 5.41) is 12.3. The number of nitrogens with zero attached hydrogens (tertiary/aromatic N) is 1. The molecule has 0 aliphatic heterocycles. The quantitative estimate of drug-likeness (QED) is 0.241. The minimum absolute atomic E-state index is 0.234. The average Bonchev–Trinajstić information content (AvgIpc) is 2.82. The molecular weight excluding hydrogens is 420 g/mol. The molecular formula is C26H22N2O5. The Hall–Kier alpha value is -4.57. The van der Waals surface area contributed by atoms with E-state index in [2.05, 4.69) is 11.4 Å². The van der Waals surface area contributed by atoms with Crippen LogP contribution in [-0.2, 0) is 4.79 Å². The summed E-state index contributed by atoms with van der Waals surface area (Å²) < 4.78 is 16.0. The minimum Gasteiger partial charge on any atom is -0.493 e. The highest BCUT2D eigenvalue weighted by Crippen LogP contribution is 2.31. The number of carbonyl (C=O) groups is 2. The van der Waals surface area contributed by atoms with Crippen molar-refractivity contribution in [3.05, 3.63) is 83.4 Å². The Morgan fingerprint density at radius 2 is 1.67 bits per heavy atom. The zero-order chi connectivity index (χ0) is 23.8. The Labute approximate surface area is 191 Å². The molecule has 3 aromatic rings. The lowest BCUT2D eigenvalue weighted by atomic mass is 10.0. The fourth-order valence-electron chi connectivity index (χ4n) is 3.11. The number of nitriles is 1. The maximum Gasteiger partial charge on any atom is 0.343 e. The third kappa shape index (κ3) is 5.99. The van der Waals surface area contributed by atoms with Crippen LogP contribution in [0.1, 0.15) is 28.4 Å². The molecule has 0 unspecified atom stereocenters. The molecule has 166 valence electrons. The summed E-state index contributed by atoms with van der Waals surface area (Å²) in [4.78, 5) is 23.8. The van der Waals surface area contributed by atoms with Gasteiger partial charge in [0, 0.05) is 12.6 Å². The van der Waals surface area contributed by atoms with Crippen LogP contribution in [0.3, 0.4) is 0 Å². The second-order valence-corrected chi connectivity index (χ2v) is 6.96. The predicted molar refractivity (Wildman–Crippen MR) is 125 cm³/mol. The molecule has 7 nitrogen and oxygen atoms in total. The molecule has 0 saturated heterocycles. The monoisotopic (exact) mass is 442 g/mol. The van der Waals surface area contributed by atoms with Crippen LogP contribution >= 0.6 is 0 Å². The van der Waals surface area contributed by atoms with E-state index in [0.717, 1.165) is 0 Å². The molecule has 0 spiro atoms. The number of hydrogen-bond acceptors (Lipinski definition) is 6. The van der Waals surface area contributed by atoms with Crippen molar-refractivity contribution in [2.75, 3.05) is 19.5 Å². The summed E-state index contributed by atoms with van der Waals surface area (Å²) >= 11 is 0. The first-order chi connectivity index (χ1) is 15.9. The number of anilines is 1. The second kappa shape index (κ2) is 10.6. The van der Waals surface area contributed by atoms with Crippen molar-refractivity contribution in [2.24, 2.45) is 0 Å². The molecule has 1 amide bonds. The number of allylic oxidation sites excluding steroid dienone is 1. The van der Waals surface area contributed by atoms with Crippen LogP contribution in [0.4, 0.5) is 5.69 Å². The highest BCUT2D eigenvalue weighted by Gasteiger charge is 2.11. The number of ether oxygens (including phenoxy) is 3. The van der Waals surface area contributed by atoms with Crippen molar-refractivity contribution in [3.8, 4) is 23.3 Å². The van der Waals surface area contributed by atoms with Crippen molar-refractivity contribution < 1.29 is 23.8 Å². The number of rotatable bonds is 7. The largest absolute Gasteiger partial charge is 0.493 e. The van der Waals surface area contributed by atoms with E-state index in [9.17, 15) is 14.9 Å². The van der Waals surface area contributed by atoms with Gasteiger partial charge in [-0.2, -0.15) is 5.26 Å². The van der Waals surface area contributed by atoms with Gasteiger partial charge in [0.05, 0.1) is 31.4 Å². The molecule has 0 saturated carbocycles. The lowest BCUT2D eigenvalue weighted by Crippen LogP contribution is -2.10. The molecule has 0 aromatic heterocycles. The van der Waals surface area contributed by atoms with E-state index in [1.807, 2.05) is 0 Å². The standard InChI is InChI=1S/C26H22N2O5/c1-17(29)28-22-8-5-7-20(14-22)26(30)33-23-9-4-6-18(13-23)12-21(16-27)19-10-11-24(31-2)25(15-19)32-3/h4-15H,1-3H3,(H,28,29)/b21-12-. The molecule has 7 heteroatoms. The van der Waals surface area contributed by atoms with Crippen molar-refractivity contribution in [1.29, 1.82) is 5.26 Å². The van der Waals surface area contributed by atoms with E-state index < -0.39 is 5.97 Å². The summed E-state index contributed by atoms with van der Waals surface area (Å²) in [6.45, 7) is 1.39. The molecule has 0 radical (unpaired) electrons. The maximum absolute atomic E-state index is 12.6. The predicted octanol–water partition coefficient (Wildman–Crippen LogP) is 4.95. The molecule has 33 heavy (non-hydrogen) atoms. The van der Waals surface area contributed by atoms with Gasteiger partial charge in [-0.1, -0.05) is 18.2 Å². The van der Waals surface area contributed by atoms with Gasteiger partial charge in [-0.25, -0.2) is 4.79 Å². The number of methoxy groups -OCH3 is 2. The number of carbonyl (C=O) groups excluding carboxylic acids is 2. The van der Waals surface area contributed by atoms with Crippen molar-refractivity contribution >= 4 is 29.2 Å². The Bertz CT molecular complexity index is 1260. The number of esters is 1. The fraction of sp³-hybridized carbons (Fsp3) is 0.115. The molecule has 0 atom stereocenters. The van der Waals surface area contributed by atoms with Gasteiger partial charge in [0.25, 0.3) is 0 Å². The van der Waals surface area contributed by atoms with Gasteiger partial charge < -0.3 is 19.5 Å². The SMILES string of the molecule is COc1ccc(/C(C#N)=C\c2cccc(OC(=O)c3cccc(NC(C)=O)c3)c2)cc1OC. The Morgan fingerprint density at radius 3 is 2.36 bits per heavy atom. The number of benzene rings is 3. The zero-order valence-corrected chi connectivity index (χ0v) is 18.4. The Morgan fingerprint density at radius 1 is 0.909 bits per heavy atom. The van der Waals surface area contributed by atoms with Crippen LogP contribution in [-0.4, -0.2) is 26.1 Å². The van der Waals surface area contributed by atoms with Gasteiger partial charge >= 0.3 is 5.97 Å². The Kier molecular flexibility index (Phi) is 7.45. The fourth-order valence-corrected chi connectivity index (χ4v) is 3.11. The molecule has 1 N–H and O–H groups in total. The van der Waals surface area contributed by atoms with Crippen molar-refractivity contribution in [2.45, 2.75) is 6.92 Å². The van der Waals surface area contributed by atoms with Gasteiger partial charge in [0.2, 0.25) is 5.91 Å². The van der Waals surface area contributed by atoms with Crippen molar-refractivity contribution in [3.63, 3.8) is 0 Å². The summed E-state index contributed by atoms with van der Waals surface area (Å²) in [6, 6.07) is 20.7. The third-order valence-corrected chi connectivity index (χ3v) is 4.61. The van der Waals surface area contributed by atoms with Crippen LogP contribution in [0.25, 0.3) is 11.6 Å². The van der Waals surface area contributed by atoms with Gasteiger partial charge in [-0.3, -0.25) is 4.79 Å². The summed E-state index contributed by atoms with van der Waals surface area (Å²) in [6.07, 6.45) is 1.69. The van der Waals surface area contributed by atoms with Crippen molar-refractivity contribution in [1.82, 2.24) is 0 Å². The molecule has 0 heterocycles. The average molecular weight is 442 g/mol. The molecule has 3 aromatic carbocycles. The van der Waals surface area contributed by atoms with E-state index in [1.165, 1.54) is 14.0 Å². The lowest BCUT2D eigenvalue weighted by molar-refractivity contribution is -0.114. The van der Waals surface area contributed by atoms with E-state index >= 15 is 0 Å². The van der Waals surface area contributed by atoms with Gasteiger partial charge in [0.1, 0.15) is 5.75 Å². The zero-order valence-electron chi connectivity index (χ0n) is 18.4. The molecule has 0 aliphatic rings. The topological polar surface area (TPSA) is 97.6 Å². The first-order valence-corrected chi connectivity index (χ1v) is 9.97. The van der Waals surface area contributed by atoms with Gasteiger partial charge in [0.15, 0.2) is 11.5 Å². The first kappa shape index (κ1) is 23.1. The van der Waals surface area contributed by atoms with E-state index in [-0.39, 0.29) is 5.91 Å². The minimum atomic E-state index is -0.566. The van der Waals surface area contributed by atoms with Crippen LogP contribution in [0.2, 0.25) is 0 Å². The first-order valence-electron chi connectivity index (χ1n) is 9.97. The summed E-state index contributed by atoms with van der Waals surface area (Å²) in [7, 11) is 3.07. The summed E-state index contributed by atoms with van der Waals surface area (Å²) in [5.41, 5.74) is 2.54. The number of hydrogen-bond donors (Lipinski definition) is 1. The number of amides is 1. The lowest BCUT2D eigenvalue weighted by Gasteiger charge is -2.09. The highest BCUT2D eigenvalue weighted by atomic mass is 16.5. The van der Waals surface area contributed by atoms with E-state index in [0.29, 0.717) is 45.2 Å². The second-order valence-electron chi connectivity index (χ2n) is 6.96. The molecule has 0 aliphatic carbocycles. The van der Waals surface area contributed by atoms with Crippen LogP contribution < -0.4 is 19.5 Å². The van der Waals surface area contributed by atoms with Crippen LogP contribution in [0.5, 0.6) is 17.2 Å². The molecule has 3 rings (SSSR count). The van der Waals surface area contributed by atoms with Crippen LogP contribution in [0, 0.1) is 11.3 Å². The van der Waals surface area contributed by atoms with Gasteiger partial charge in [-0.05, 0) is 65.7 Å². The van der Waals surface area contributed by atoms with E-state index in [1.54, 1.807) is 79.9 Å². The maximum atomic E-state index is 12.6. The summed E-state index contributed by atoms with van der Waals surface area (Å²) in [5.74, 6) is 0.602. The third-order valence-electron chi connectivity index (χ3n) is 4.61. The smallest absolute Gasteiger partial charge is 0.343 e. The van der Waals surface area contributed by atoms with Gasteiger partial charge in [-0.15, -0.1) is 0 Å². The molecule has 0 bridgehead atoms. The highest BCUT2D eigenvalue weighted by molar-refractivity contribution is 5.95. The Balaban J connectivity index is 1.83.